The number of aliphatic hydroxyl groups excluding tert-OH is 1. The number of nitrogens with one attached hydrogen (secondary N) is 1. The summed E-state index contributed by atoms with van der Waals surface area (Å²) < 4.78 is 2.08. The van der Waals surface area contributed by atoms with Crippen molar-refractivity contribution in [2.45, 2.75) is 19.4 Å². The smallest absolute Gasteiger partial charge is 0.110 e. The fourth-order valence-corrected chi connectivity index (χ4v) is 2.00. The van der Waals surface area contributed by atoms with Crippen LogP contribution in [0.15, 0.2) is 36.7 Å². The van der Waals surface area contributed by atoms with Crippen molar-refractivity contribution < 1.29 is 5.11 Å². The normalized spacial score (nSPS) is 10.6. The van der Waals surface area contributed by atoms with Crippen LogP contribution in [0, 0.1) is 0 Å². The lowest BCUT2D eigenvalue weighted by Gasteiger charge is -2.10. The first-order valence-corrected chi connectivity index (χ1v) is 6.50. The number of nitrogens with two attached hydrogens (primary N) is 1. The summed E-state index contributed by atoms with van der Waals surface area (Å²) in [7, 11) is 0. The van der Waals surface area contributed by atoms with Gasteiger partial charge < -0.3 is 20.7 Å². The van der Waals surface area contributed by atoms with Gasteiger partial charge in [0.25, 0.3) is 0 Å². The molecule has 5 nitrogen and oxygen atoms in total. The van der Waals surface area contributed by atoms with Gasteiger partial charge in [0.15, 0.2) is 0 Å². The van der Waals surface area contributed by atoms with Gasteiger partial charge in [0.05, 0.1) is 18.0 Å². The molecule has 0 saturated carbocycles. The third kappa shape index (κ3) is 3.72. The highest BCUT2D eigenvalue weighted by Crippen LogP contribution is 2.16. The van der Waals surface area contributed by atoms with Gasteiger partial charge in [0.2, 0.25) is 0 Å². The first-order valence-electron chi connectivity index (χ1n) is 6.50. The van der Waals surface area contributed by atoms with E-state index in [0.29, 0.717) is 6.42 Å². The minimum Gasteiger partial charge on any atom is -0.397 e. The summed E-state index contributed by atoms with van der Waals surface area (Å²) in [5.74, 6) is 0.932. The maximum Gasteiger partial charge on any atom is 0.110 e. The zero-order valence-electron chi connectivity index (χ0n) is 10.9. The number of hydrogen-bond acceptors (Lipinski definition) is 4. The number of anilines is 2. The Morgan fingerprint density at radius 3 is 2.95 bits per heavy atom. The van der Waals surface area contributed by atoms with E-state index in [1.54, 1.807) is 6.20 Å². The molecule has 102 valence electrons. The molecule has 1 heterocycles. The fourth-order valence-electron chi connectivity index (χ4n) is 2.00. The average molecular weight is 260 g/mol. The number of aromatic nitrogens is 2. The molecule has 2 rings (SSSR count). The Morgan fingerprint density at radius 2 is 2.16 bits per heavy atom. The lowest BCUT2D eigenvalue weighted by atomic mass is 10.2. The topological polar surface area (TPSA) is 76.1 Å². The van der Waals surface area contributed by atoms with Crippen molar-refractivity contribution in [3.05, 3.63) is 42.5 Å². The molecular formula is C14H20N4O. The number of imidazole rings is 1. The van der Waals surface area contributed by atoms with E-state index in [-0.39, 0.29) is 6.61 Å². The van der Waals surface area contributed by atoms with Gasteiger partial charge in [-0.25, -0.2) is 4.98 Å². The summed E-state index contributed by atoms with van der Waals surface area (Å²) in [4.78, 5) is 4.22. The summed E-state index contributed by atoms with van der Waals surface area (Å²) in [5, 5.41) is 12.3. The molecule has 4 N–H and O–H groups in total. The molecule has 0 atom stereocenters. The van der Waals surface area contributed by atoms with E-state index in [1.807, 2.05) is 30.5 Å². The molecular weight excluding hydrogens is 240 g/mol. The van der Waals surface area contributed by atoms with Gasteiger partial charge in [-0.05, 0) is 18.6 Å². The zero-order valence-corrected chi connectivity index (χ0v) is 10.9. The van der Waals surface area contributed by atoms with E-state index in [2.05, 4.69) is 14.9 Å². The number of para-hydroxylation sites is 2. The summed E-state index contributed by atoms with van der Waals surface area (Å²) in [6.07, 6.45) is 5.30. The van der Waals surface area contributed by atoms with Gasteiger partial charge in [0.1, 0.15) is 5.82 Å². The molecule has 2 aromatic rings. The molecule has 0 unspecified atom stereocenters. The number of aliphatic hydroxyl groups is 1. The minimum atomic E-state index is 0.135. The molecule has 0 saturated heterocycles. The van der Waals surface area contributed by atoms with E-state index in [9.17, 15) is 0 Å². The summed E-state index contributed by atoms with van der Waals surface area (Å²) in [6, 6.07) is 7.75. The second-order valence-electron chi connectivity index (χ2n) is 4.38. The average Bonchev–Trinajstić information content (AvgIpc) is 2.85. The van der Waals surface area contributed by atoms with Crippen molar-refractivity contribution in [2.75, 3.05) is 24.2 Å². The van der Waals surface area contributed by atoms with E-state index in [4.69, 9.17) is 10.8 Å². The highest BCUT2D eigenvalue weighted by molar-refractivity contribution is 5.65. The first kappa shape index (κ1) is 13.4. The molecule has 0 amide bonds. The molecule has 1 aromatic carbocycles. The molecule has 0 radical (unpaired) electrons. The van der Waals surface area contributed by atoms with Crippen molar-refractivity contribution in [2.24, 2.45) is 0 Å². The molecule has 0 fully saturated rings. The lowest BCUT2D eigenvalue weighted by Crippen LogP contribution is -2.10. The number of benzene rings is 1. The zero-order chi connectivity index (χ0) is 13.5. The highest BCUT2D eigenvalue weighted by Gasteiger charge is 2.01. The van der Waals surface area contributed by atoms with E-state index < -0.39 is 0 Å². The Kier molecular flexibility index (Phi) is 4.80. The molecule has 19 heavy (non-hydrogen) atoms. The summed E-state index contributed by atoms with van der Waals surface area (Å²) in [5.41, 5.74) is 7.60. The van der Waals surface area contributed by atoms with Gasteiger partial charge in [0, 0.05) is 31.9 Å². The Morgan fingerprint density at radius 1 is 1.32 bits per heavy atom. The van der Waals surface area contributed by atoms with Crippen LogP contribution in [0.1, 0.15) is 12.2 Å². The fraction of sp³-hybridized carbons (Fsp3) is 0.357. The largest absolute Gasteiger partial charge is 0.397 e. The third-order valence-corrected chi connectivity index (χ3v) is 2.99. The standard InChI is InChI=1S/C14H20N4O/c15-12-4-1-2-5-13(12)16-7-3-9-18-10-8-17-14(18)6-11-19/h1-2,4-5,8,10,16,19H,3,6-7,9,11,15H2. The van der Waals surface area contributed by atoms with Crippen LogP contribution in [0.25, 0.3) is 0 Å². The van der Waals surface area contributed by atoms with Crippen molar-refractivity contribution in [3.63, 3.8) is 0 Å². The molecule has 1 aromatic heterocycles. The van der Waals surface area contributed by atoms with E-state index >= 15 is 0 Å². The van der Waals surface area contributed by atoms with Crippen molar-refractivity contribution in [1.82, 2.24) is 9.55 Å². The van der Waals surface area contributed by atoms with E-state index in [1.165, 1.54) is 0 Å². The second kappa shape index (κ2) is 6.80. The molecule has 0 aliphatic heterocycles. The monoisotopic (exact) mass is 260 g/mol. The Bertz CT molecular complexity index is 510. The minimum absolute atomic E-state index is 0.135. The van der Waals surface area contributed by atoms with Crippen LogP contribution in [0.3, 0.4) is 0 Å². The number of rotatable bonds is 7. The van der Waals surface area contributed by atoms with Crippen molar-refractivity contribution >= 4 is 11.4 Å². The second-order valence-corrected chi connectivity index (χ2v) is 4.38. The van der Waals surface area contributed by atoms with Crippen molar-refractivity contribution in [3.8, 4) is 0 Å². The number of hydrogen-bond donors (Lipinski definition) is 3. The van der Waals surface area contributed by atoms with Crippen LogP contribution >= 0.6 is 0 Å². The lowest BCUT2D eigenvalue weighted by molar-refractivity contribution is 0.294. The molecule has 0 aliphatic rings. The third-order valence-electron chi connectivity index (χ3n) is 2.99. The van der Waals surface area contributed by atoms with Gasteiger partial charge in [-0.3, -0.25) is 0 Å². The molecule has 0 spiro atoms. The van der Waals surface area contributed by atoms with Crippen LogP contribution in [0.4, 0.5) is 11.4 Å². The van der Waals surface area contributed by atoms with Gasteiger partial charge in [-0.2, -0.15) is 0 Å². The Balaban J connectivity index is 1.78. The van der Waals surface area contributed by atoms with Gasteiger partial charge >= 0.3 is 0 Å². The first-order chi connectivity index (χ1) is 9.31. The summed E-state index contributed by atoms with van der Waals surface area (Å²) >= 11 is 0. The number of aryl methyl sites for hydroxylation is 1. The van der Waals surface area contributed by atoms with Crippen molar-refractivity contribution in [1.29, 1.82) is 0 Å². The maximum atomic E-state index is 8.93. The quantitative estimate of drug-likeness (QED) is 0.521. The van der Waals surface area contributed by atoms with Gasteiger partial charge in [-0.1, -0.05) is 12.1 Å². The van der Waals surface area contributed by atoms with Crippen LogP contribution in [0.5, 0.6) is 0 Å². The Hall–Kier alpha value is -2.01. The maximum absolute atomic E-state index is 8.93. The number of nitrogens with zero attached hydrogens (tertiary/aromatic N) is 2. The predicted molar refractivity (Wildman–Crippen MR) is 77.0 cm³/mol. The highest BCUT2D eigenvalue weighted by atomic mass is 16.3. The predicted octanol–water partition coefficient (Wildman–Crippen LogP) is 1.50. The van der Waals surface area contributed by atoms with E-state index in [0.717, 1.165) is 36.7 Å². The van der Waals surface area contributed by atoms with Crippen LogP contribution < -0.4 is 11.1 Å². The van der Waals surface area contributed by atoms with Crippen LogP contribution in [-0.4, -0.2) is 27.8 Å². The molecule has 5 heteroatoms. The van der Waals surface area contributed by atoms with Crippen LogP contribution in [-0.2, 0) is 13.0 Å². The Labute approximate surface area is 113 Å². The SMILES string of the molecule is Nc1ccccc1NCCCn1ccnc1CCO. The molecule has 0 bridgehead atoms. The number of nitrogen functional groups attached to an aromatic ring is 1. The van der Waals surface area contributed by atoms with Crippen LogP contribution in [0.2, 0.25) is 0 Å². The summed E-state index contributed by atoms with van der Waals surface area (Å²) in [6.45, 7) is 1.87. The molecule has 0 aliphatic carbocycles. The van der Waals surface area contributed by atoms with Gasteiger partial charge in [-0.15, -0.1) is 0 Å².